The molecule has 3 rings (SSSR count). The Morgan fingerprint density at radius 3 is 2.05 bits per heavy atom. The monoisotopic (exact) mass is 593 g/mol. The molecule has 1 atom stereocenters. The van der Waals surface area contributed by atoms with Crippen LogP contribution in [0.4, 0.5) is 5.69 Å². The van der Waals surface area contributed by atoms with Gasteiger partial charge in [0.25, 0.3) is 10.0 Å². The fourth-order valence-electron chi connectivity index (χ4n) is 4.55. The predicted octanol–water partition coefficient (Wildman–Crippen LogP) is 5.54. The summed E-state index contributed by atoms with van der Waals surface area (Å²) in [7, 11) is -2.55. The van der Waals surface area contributed by atoms with E-state index in [0.29, 0.717) is 17.9 Å². The lowest BCUT2D eigenvalue weighted by Gasteiger charge is -2.35. The van der Waals surface area contributed by atoms with Crippen molar-refractivity contribution in [2.45, 2.75) is 77.9 Å². The molecule has 2 amide bonds. The van der Waals surface area contributed by atoms with Crippen LogP contribution in [0.15, 0.2) is 71.6 Å². The van der Waals surface area contributed by atoms with Gasteiger partial charge >= 0.3 is 0 Å². The number of carbonyl (C=O) groups excluding carboxylic acids is 2. The number of aryl methyl sites for hydroxylation is 3. The predicted molar refractivity (Wildman–Crippen MR) is 167 cm³/mol. The maximum absolute atomic E-state index is 14.2. The Hall–Kier alpha value is -3.85. The molecule has 0 aliphatic heterocycles. The third kappa shape index (κ3) is 8.12. The minimum Gasteiger partial charge on any atom is -0.497 e. The minimum absolute atomic E-state index is 0.0818. The van der Waals surface area contributed by atoms with Gasteiger partial charge in [0, 0.05) is 12.1 Å². The maximum Gasteiger partial charge on any atom is 0.264 e. The number of nitrogens with one attached hydrogen (secondary N) is 1. The van der Waals surface area contributed by atoms with E-state index >= 15 is 0 Å². The van der Waals surface area contributed by atoms with E-state index in [0.717, 1.165) is 26.6 Å². The van der Waals surface area contributed by atoms with Crippen LogP contribution in [0.3, 0.4) is 0 Å². The average Bonchev–Trinajstić information content (AvgIpc) is 2.92. The molecule has 0 saturated carbocycles. The highest BCUT2D eigenvalue weighted by Crippen LogP contribution is 2.27. The number of carbonyl (C=O) groups is 2. The zero-order valence-corrected chi connectivity index (χ0v) is 26.7. The Labute approximate surface area is 250 Å². The van der Waals surface area contributed by atoms with Crippen molar-refractivity contribution in [1.29, 1.82) is 0 Å². The molecular formula is C33H43N3O5S. The van der Waals surface area contributed by atoms with Gasteiger partial charge in [-0.3, -0.25) is 13.9 Å². The summed E-state index contributed by atoms with van der Waals surface area (Å²) in [5, 5.41) is 2.98. The molecule has 3 aromatic rings. The molecule has 0 aliphatic rings. The normalized spacial score (nSPS) is 12.4. The van der Waals surface area contributed by atoms with Gasteiger partial charge < -0.3 is 15.0 Å². The molecule has 0 aromatic heterocycles. The second-order valence-electron chi connectivity index (χ2n) is 11.6. The maximum atomic E-state index is 14.2. The third-order valence-corrected chi connectivity index (χ3v) is 8.85. The number of rotatable bonds is 11. The summed E-state index contributed by atoms with van der Waals surface area (Å²) in [4.78, 5) is 29.2. The quantitative estimate of drug-likeness (QED) is 0.315. The molecule has 0 heterocycles. The minimum atomic E-state index is -4.12. The Bertz CT molecular complexity index is 1490. The summed E-state index contributed by atoms with van der Waals surface area (Å²) in [6.07, 6.45) is 0.345. The Morgan fingerprint density at radius 2 is 1.52 bits per heavy atom. The van der Waals surface area contributed by atoms with Gasteiger partial charge in [-0.25, -0.2) is 8.42 Å². The van der Waals surface area contributed by atoms with Crippen LogP contribution >= 0.6 is 0 Å². The van der Waals surface area contributed by atoms with E-state index in [2.05, 4.69) is 5.32 Å². The Balaban J connectivity index is 2.09. The summed E-state index contributed by atoms with van der Waals surface area (Å²) in [6, 6.07) is 18.3. The number of benzene rings is 3. The first-order valence-corrected chi connectivity index (χ1v) is 15.5. The van der Waals surface area contributed by atoms with Crippen LogP contribution in [0.25, 0.3) is 0 Å². The van der Waals surface area contributed by atoms with Crippen molar-refractivity contribution in [3.63, 3.8) is 0 Å². The van der Waals surface area contributed by atoms with Crippen molar-refractivity contribution in [1.82, 2.24) is 10.2 Å². The highest BCUT2D eigenvalue weighted by molar-refractivity contribution is 7.92. The lowest BCUT2D eigenvalue weighted by molar-refractivity contribution is -0.141. The SMILES string of the molecule is CC[C@@H](C(=O)NC(C)(C)C)N(Cc1ccc(OC)cc1)C(=O)CN(c1ccc(C)c(C)c1)S(=O)(=O)c1ccc(C)cc1. The fourth-order valence-corrected chi connectivity index (χ4v) is 5.95. The zero-order chi connectivity index (χ0) is 31.2. The van der Waals surface area contributed by atoms with Gasteiger partial charge in [0.15, 0.2) is 0 Å². The van der Waals surface area contributed by atoms with Crippen LogP contribution in [-0.2, 0) is 26.2 Å². The summed E-state index contributed by atoms with van der Waals surface area (Å²) in [6.45, 7) is 12.8. The molecule has 0 unspecified atom stereocenters. The van der Waals surface area contributed by atoms with Crippen molar-refractivity contribution in [3.8, 4) is 5.75 Å². The van der Waals surface area contributed by atoms with Crippen molar-refractivity contribution in [2.24, 2.45) is 0 Å². The van der Waals surface area contributed by atoms with Gasteiger partial charge in [0.05, 0.1) is 17.7 Å². The second-order valence-corrected chi connectivity index (χ2v) is 13.5. The summed E-state index contributed by atoms with van der Waals surface area (Å²) in [5.41, 5.74) is 3.47. The topological polar surface area (TPSA) is 96.0 Å². The largest absolute Gasteiger partial charge is 0.497 e. The molecule has 8 nitrogen and oxygen atoms in total. The van der Waals surface area contributed by atoms with Crippen LogP contribution < -0.4 is 14.4 Å². The Kier molecular flexibility index (Phi) is 10.4. The van der Waals surface area contributed by atoms with Crippen LogP contribution in [0, 0.1) is 20.8 Å². The van der Waals surface area contributed by atoms with E-state index in [9.17, 15) is 18.0 Å². The highest BCUT2D eigenvalue weighted by Gasteiger charge is 2.34. The highest BCUT2D eigenvalue weighted by atomic mass is 32.2. The van der Waals surface area contributed by atoms with E-state index in [-0.39, 0.29) is 17.3 Å². The molecule has 0 bridgehead atoms. The number of methoxy groups -OCH3 is 1. The van der Waals surface area contributed by atoms with Crippen LogP contribution in [-0.4, -0.2) is 50.4 Å². The molecule has 9 heteroatoms. The number of sulfonamides is 1. The van der Waals surface area contributed by atoms with Gasteiger partial charge in [0.2, 0.25) is 11.8 Å². The first-order chi connectivity index (χ1) is 19.7. The van der Waals surface area contributed by atoms with E-state index in [4.69, 9.17) is 4.74 Å². The number of anilines is 1. The molecule has 0 fully saturated rings. The van der Waals surface area contributed by atoms with Crippen molar-refractivity contribution >= 4 is 27.5 Å². The molecule has 0 saturated heterocycles. The first-order valence-electron chi connectivity index (χ1n) is 14.1. The van der Waals surface area contributed by atoms with E-state index in [1.54, 1.807) is 55.6 Å². The van der Waals surface area contributed by atoms with Crippen molar-refractivity contribution in [2.75, 3.05) is 18.0 Å². The van der Waals surface area contributed by atoms with Crippen LogP contribution in [0.1, 0.15) is 56.4 Å². The lowest BCUT2D eigenvalue weighted by Crippen LogP contribution is -2.55. The van der Waals surface area contributed by atoms with Gasteiger partial charge in [0.1, 0.15) is 18.3 Å². The number of nitrogens with zero attached hydrogens (tertiary/aromatic N) is 2. The molecule has 0 radical (unpaired) electrons. The number of amides is 2. The van der Waals surface area contributed by atoms with Crippen molar-refractivity contribution < 1.29 is 22.7 Å². The second kappa shape index (κ2) is 13.4. The van der Waals surface area contributed by atoms with Crippen LogP contribution in [0.2, 0.25) is 0 Å². The van der Waals surface area contributed by atoms with Gasteiger partial charge in [-0.1, -0.05) is 42.8 Å². The van der Waals surface area contributed by atoms with E-state index in [1.807, 2.05) is 66.7 Å². The molecule has 0 spiro atoms. The zero-order valence-electron chi connectivity index (χ0n) is 25.9. The molecule has 0 aliphatic carbocycles. The smallest absolute Gasteiger partial charge is 0.264 e. The molecule has 1 N–H and O–H groups in total. The van der Waals surface area contributed by atoms with Gasteiger partial charge in [-0.2, -0.15) is 0 Å². The molecular weight excluding hydrogens is 550 g/mol. The number of hydrogen-bond donors (Lipinski definition) is 1. The van der Waals surface area contributed by atoms with Crippen molar-refractivity contribution in [3.05, 3.63) is 89.0 Å². The third-order valence-electron chi connectivity index (χ3n) is 7.06. The summed E-state index contributed by atoms with van der Waals surface area (Å²) < 4.78 is 34.5. The fraction of sp³-hybridized carbons (Fsp3) is 0.394. The average molecular weight is 594 g/mol. The number of hydrogen-bond acceptors (Lipinski definition) is 5. The van der Waals surface area contributed by atoms with Crippen LogP contribution in [0.5, 0.6) is 5.75 Å². The summed E-state index contributed by atoms with van der Waals surface area (Å²) in [5.74, 6) is -0.124. The van der Waals surface area contributed by atoms with E-state index < -0.39 is 34.1 Å². The first kappa shape index (κ1) is 32.7. The molecule has 42 heavy (non-hydrogen) atoms. The van der Waals surface area contributed by atoms with E-state index in [1.165, 1.54) is 4.90 Å². The number of ether oxygens (including phenoxy) is 1. The van der Waals surface area contributed by atoms with Gasteiger partial charge in [-0.05, 0) is 101 Å². The molecule has 3 aromatic carbocycles. The summed E-state index contributed by atoms with van der Waals surface area (Å²) >= 11 is 0. The molecule has 226 valence electrons. The van der Waals surface area contributed by atoms with Gasteiger partial charge in [-0.15, -0.1) is 0 Å². The lowest BCUT2D eigenvalue weighted by atomic mass is 10.1. The Morgan fingerprint density at radius 1 is 0.905 bits per heavy atom. The standard InChI is InChI=1S/C33H43N3O5S/c1-9-30(32(38)34-33(5,6)7)35(21-26-13-16-28(41-8)17-14-26)31(37)22-36(27-15-12-24(3)25(4)20-27)42(39,40)29-18-10-23(2)11-19-29/h10-20,30H,9,21-22H2,1-8H3,(H,34,38)/t30-/m0/s1.